The molecule has 1 heterocycles. The summed E-state index contributed by atoms with van der Waals surface area (Å²) in [6.07, 6.45) is 2.57. The molecule has 0 saturated heterocycles. The normalized spacial score (nSPS) is 12.8. The SMILES string of the molecule is OC[C@@H](O)CSc1ncc(Br)cn1. The Morgan fingerprint density at radius 2 is 2.08 bits per heavy atom. The van der Waals surface area contributed by atoms with Gasteiger partial charge >= 0.3 is 0 Å². The second-order valence-corrected chi connectivity index (χ2v) is 4.23. The summed E-state index contributed by atoms with van der Waals surface area (Å²) in [6.45, 7) is -0.233. The number of hydrogen-bond donors (Lipinski definition) is 2. The maximum Gasteiger partial charge on any atom is 0.187 e. The second-order valence-electron chi connectivity index (χ2n) is 2.33. The minimum absolute atomic E-state index is 0.233. The standard InChI is InChI=1S/C7H9BrN2O2S/c8-5-1-9-7(10-2-5)13-4-6(12)3-11/h1-2,6,11-12H,3-4H2/t6-/m1/s1. The fraction of sp³-hybridized carbons (Fsp3) is 0.429. The predicted molar refractivity (Wildman–Crippen MR) is 53.5 cm³/mol. The van der Waals surface area contributed by atoms with Gasteiger partial charge < -0.3 is 10.2 Å². The molecule has 0 saturated carbocycles. The molecule has 1 aromatic heterocycles. The number of halogens is 1. The molecule has 1 atom stereocenters. The lowest BCUT2D eigenvalue weighted by atomic mass is 10.4. The van der Waals surface area contributed by atoms with Gasteiger partial charge in [-0.2, -0.15) is 0 Å². The van der Waals surface area contributed by atoms with Crippen LogP contribution in [0.3, 0.4) is 0 Å². The summed E-state index contributed by atoms with van der Waals surface area (Å²) in [5.74, 6) is 0.401. The van der Waals surface area contributed by atoms with E-state index in [4.69, 9.17) is 10.2 Å². The van der Waals surface area contributed by atoms with E-state index in [1.807, 2.05) is 0 Å². The highest BCUT2D eigenvalue weighted by molar-refractivity contribution is 9.10. The summed E-state index contributed by atoms with van der Waals surface area (Å²) >= 11 is 4.52. The van der Waals surface area contributed by atoms with Crippen LogP contribution in [0, 0.1) is 0 Å². The van der Waals surface area contributed by atoms with Crippen molar-refractivity contribution >= 4 is 27.7 Å². The van der Waals surface area contributed by atoms with Crippen molar-refractivity contribution in [2.75, 3.05) is 12.4 Å². The van der Waals surface area contributed by atoms with E-state index in [1.54, 1.807) is 12.4 Å². The Labute approximate surface area is 88.5 Å². The van der Waals surface area contributed by atoms with Crippen LogP contribution in [0.2, 0.25) is 0 Å². The van der Waals surface area contributed by atoms with Crippen molar-refractivity contribution in [3.05, 3.63) is 16.9 Å². The Kier molecular flexibility index (Phi) is 4.65. The molecule has 2 N–H and O–H groups in total. The number of aromatic nitrogens is 2. The van der Waals surface area contributed by atoms with E-state index in [2.05, 4.69) is 25.9 Å². The molecule has 1 aromatic rings. The molecule has 0 spiro atoms. The van der Waals surface area contributed by atoms with Crippen LogP contribution < -0.4 is 0 Å². The molecule has 0 aliphatic rings. The first-order chi connectivity index (χ1) is 6.22. The first-order valence-corrected chi connectivity index (χ1v) is 5.39. The molecular weight excluding hydrogens is 256 g/mol. The van der Waals surface area contributed by atoms with Crippen LogP contribution in [0.5, 0.6) is 0 Å². The summed E-state index contributed by atoms with van der Waals surface area (Å²) in [5, 5.41) is 18.2. The maximum absolute atomic E-state index is 9.04. The highest BCUT2D eigenvalue weighted by atomic mass is 79.9. The van der Waals surface area contributed by atoms with Gasteiger partial charge in [-0.15, -0.1) is 0 Å². The van der Waals surface area contributed by atoms with Crippen molar-refractivity contribution in [1.82, 2.24) is 9.97 Å². The molecule has 13 heavy (non-hydrogen) atoms. The quantitative estimate of drug-likeness (QED) is 0.619. The maximum atomic E-state index is 9.04. The fourth-order valence-corrected chi connectivity index (χ4v) is 1.50. The van der Waals surface area contributed by atoms with Crippen molar-refractivity contribution < 1.29 is 10.2 Å². The molecule has 4 nitrogen and oxygen atoms in total. The molecular formula is C7H9BrN2O2S. The molecule has 0 unspecified atom stereocenters. The zero-order chi connectivity index (χ0) is 9.68. The number of aliphatic hydroxyl groups excluding tert-OH is 2. The number of rotatable bonds is 4. The average Bonchev–Trinajstić information content (AvgIpc) is 2.16. The lowest BCUT2D eigenvalue weighted by Crippen LogP contribution is -2.14. The van der Waals surface area contributed by atoms with Crippen LogP contribution in [-0.2, 0) is 0 Å². The summed E-state index contributed by atoms with van der Waals surface area (Å²) in [6, 6.07) is 0. The smallest absolute Gasteiger partial charge is 0.187 e. The zero-order valence-corrected chi connectivity index (χ0v) is 9.12. The fourth-order valence-electron chi connectivity index (χ4n) is 0.598. The molecule has 0 radical (unpaired) electrons. The highest BCUT2D eigenvalue weighted by Crippen LogP contribution is 2.14. The van der Waals surface area contributed by atoms with Gasteiger partial charge in [0.2, 0.25) is 0 Å². The van der Waals surface area contributed by atoms with Crippen molar-refractivity contribution in [1.29, 1.82) is 0 Å². The van der Waals surface area contributed by atoms with Gasteiger partial charge in [0, 0.05) is 18.1 Å². The second kappa shape index (κ2) is 5.54. The minimum atomic E-state index is -0.711. The van der Waals surface area contributed by atoms with Crippen LogP contribution in [0.1, 0.15) is 0 Å². The zero-order valence-electron chi connectivity index (χ0n) is 6.72. The molecule has 0 bridgehead atoms. The molecule has 0 amide bonds. The predicted octanol–water partition coefficient (Wildman–Crippen LogP) is 0.684. The van der Waals surface area contributed by atoms with E-state index >= 15 is 0 Å². The summed E-state index contributed by atoms with van der Waals surface area (Å²) in [7, 11) is 0. The van der Waals surface area contributed by atoms with Crippen molar-refractivity contribution in [3.8, 4) is 0 Å². The molecule has 0 aliphatic carbocycles. The topological polar surface area (TPSA) is 66.2 Å². The van der Waals surface area contributed by atoms with E-state index in [1.165, 1.54) is 11.8 Å². The summed E-state index contributed by atoms with van der Waals surface area (Å²) < 4.78 is 0.819. The van der Waals surface area contributed by atoms with Crippen LogP contribution >= 0.6 is 27.7 Å². The molecule has 1 rings (SSSR count). The van der Waals surface area contributed by atoms with E-state index < -0.39 is 6.10 Å². The van der Waals surface area contributed by atoms with E-state index in [-0.39, 0.29) is 6.61 Å². The molecule has 0 aliphatic heterocycles. The van der Waals surface area contributed by atoms with Crippen LogP contribution in [0.15, 0.2) is 22.0 Å². The van der Waals surface area contributed by atoms with Gasteiger partial charge in [-0.25, -0.2) is 9.97 Å². The summed E-state index contributed by atoms with van der Waals surface area (Å²) in [5.41, 5.74) is 0. The minimum Gasteiger partial charge on any atom is -0.394 e. The highest BCUT2D eigenvalue weighted by Gasteiger charge is 2.04. The number of hydrogen-bond acceptors (Lipinski definition) is 5. The lowest BCUT2D eigenvalue weighted by Gasteiger charge is -2.04. The number of nitrogens with zero attached hydrogens (tertiary/aromatic N) is 2. The lowest BCUT2D eigenvalue weighted by molar-refractivity contribution is 0.113. The van der Waals surface area contributed by atoms with E-state index in [0.29, 0.717) is 10.9 Å². The molecule has 72 valence electrons. The van der Waals surface area contributed by atoms with Gasteiger partial charge in [0.05, 0.1) is 17.2 Å². The monoisotopic (exact) mass is 264 g/mol. The van der Waals surface area contributed by atoms with Gasteiger partial charge in [0.1, 0.15) is 0 Å². The van der Waals surface area contributed by atoms with Gasteiger partial charge in [-0.3, -0.25) is 0 Å². The number of thioether (sulfide) groups is 1. The third kappa shape index (κ3) is 4.04. The Balaban J connectivity index is 2.41. The largest absolute Gasteiger partial charge is 0.394 e. The molecule has 6 heteroatoms. The molecule has 0 fully saturated rings. The van der Waals surface area contributed by atoms with Crippen LogP contribution in [0.25, 0.3) is 0 Å². The van der Waals surface area contributed by atoms with Crippen LogP contribution in [0.4, 0.5) is 0 Å². The van der Waals surface area contributed by atoms with Crippen LogP contribution in [-0.4, -0.2) is 38.6 Å². The van der Waals surface area contributed by atoms with E-state index in [0.717, 1.165) is 4.47 Å². The number of aliphatic hydroxyl groups is 2. The Hall–Kier alpha value is -0.170. The van der Waals surface area contributed by atoms with Gasteiger partial charge in [0.25, 0.3) is 0 Å². The Bertz CT molecular complexity index is 257. The van der Waals surface area contributed by atoms with Gasteiger partial charge in [0.15, 0.2) is 5.16 Å². The Morgan fingerprint density at radius 3 is 2.62 bits per heavy atom. The van der Waals surface area contributed by atoms with Crippen molar-refractivity contribution in [3.63, 3.8) is 0 Å². The third-order valence-corrected chi connectivity index (χ3v) is 2.64. The first-order valence-electron chi connectivity index (χ1n) is 3.61. The van der Waals surface area contributed by atoms with Gasteiger partial charge in [-0.1, -0.05) is 11.8 Å². The van der Waals surface area contributed by atoms with Crippen molar-refractivity contribution in [2.45, 2.75) is 11.3 Å². The van der Waals surface area contributed by atoms with Crippen molar-refractivity contribution in [2.24, 2.45) is 0 Å². The van der Waals surface area contributed by atoms with E-state index in [9.17, 15) is 0 Å². The average molecular weight is 265 g/mol. The first kappa shape index (κ1) is 10.9. The molecule has 0 aromatic carbocycles. The Morgan fingerprint density at radius 1 is 1.46 bits per heavy atom. The third-order valence-electron chi connectivity index (χ3n) is 1.21. The van der Waals surface area contributed by atoms with Gasteiger partial charge in [-0.05, 0) is 15.9 Å². The summed E-state index contributed by atoms with van der Waals surface area (Å²) in [4.78, 5) is 7.99.